The Labute approximate surface area is 221 Å². The first-order valence-corrected chi connectivity index (χ1v) is 12.8. The summed E-state index contributed by atoms with van der Waals surface area (Å²) in [5.41, 5.74) is 11.8. The molecule has 9 nitrogen and oxygen atoms in total. The van der Waals surface area contributed by atoms with Crippen LogP contribution >= 0.6 is 0 Å². The number of amides is 2. The number of hydrogen-bond donors (Lipinski definition) is 3. The molecular weight excluding hydrogens is 478 g/mol. The van der Waals surface area contributed by atoms with Gasteiger partial charge >= 0.3 is 0 Å². The average Bonchev–Trinajstić information content (AvgIpc) is 3.45. The number of nitrogens with two attached hydrogens (primary N) is 1. The van der Waals surface area contributed by atoms with Crippen LogP contribution in [0.3, 0.4) is 0 Å². The summed E-state index contributed by atoms with van der Waals surface area (Å²) in [6.45, 7) is 4.17. The van der Waals surface area contributed by atoms with Gasteiger partial charge in [-0.3, -0.25) is 9.59 Å². The van der Waals surface area contributed by atoms with Crippen molar-refractivity contribution in [3.63, 3.8) is 0 Å². The van der Waals surface area contributed by atoms with E-state index in [1.54, 1.807) is 4.90 Å². The normalized spacial score (nSPS) is 16.2. The van der Waals surface area contributed by atoms with E-state index in [0.29, 0.717) is 25.2 Å². The second-order valence-corrected chi connectivity index (χ2v) is 9.90. The number of fused-ring (bicyclic) bond motifs is 1. The summed E-state index contributed by atoms with van der Waals surface area (Å²) in [5.74, 6) is 0.0780. The van der Waals surface area contributed by atoms with Crippen LogP contribution in [0.15, 0.2) is 72.8 Å². The van der Waals surface area contributed by atoms with E-state index in [-0.39, 0.29) is 17.7 Å². The van der Waals surface area contributed by atoms with Crippen LogP contribution in [0.4, 0.5) is 5.69 Å². The van der Waals surface area contributed by atoms with E-state index in [1.165, 1.54) is 0 Å². The molecule has 5 rings (SSSR count). The summed E-state index contributed by atoms with van der Waals surface area (Å²) in [6, 6.07) is 22.6. The van der Waals surface area contributed by atoms with Crippen molar-refractivity contribution in [3.05, 3.63) is 83.9 Å². The fourth-order valence-electron chi connectivity index (χ4n) is 4.76. The van der Waals surface area contributed by atoms with Crippen molar-refractivity contribution >= 4 is 17.5 Å². The zero-order chi connectivity index (χ0) is 26.6. The lowest BCUT2D eigenvalue weighted by Crippen LogP contribution is -2.53. The highest BCUT2D eigenvalue weighted by molar-refractivity contribution is 6.01. The molecule has 0 bridgehead atoms. The lowest BCUT2D eigenvalue weighted by atomic mass is 9.98. The zero-order valence-electron chi connectivity index (χ0n) is 21.5. The highest BCUT2D eigenvalue weighted by Gasteiger charge is 2.32. The quantitative estimate of drug-likeness (QED) is 0.350. The van der Waals surface area contributed by atoms with Crippen molar-refractivity contribution in [2.24, 2.45) is 11.7 Å². The van der Waals surface area contributed by atoms with Crippen molar-refractivity contribution < 1.29 is 9.59 Å². The first-order valence-electron chi connectivity index (χ1n) is 12.8. The third kappa shape index (κ3) is 5.19. The number of rotatable bonds is 7. The number of aromatic nitrogens is 4. The fraction of sp³-hybridized carbons (Fsp3) is 0.276. The van der Waals surface area contributed by atoms with E-state index in [1.807, 2.05) is 86.6 Å². The predicted octanol–water partition coefficient (Wildman–Crippen LogP) is 3.48. The van der Waals surface area contributed by atoms with Gasteiger partial charge in [0.1, 0.15) is 6.04 Å². The smallest absolute Gasteiger partial charge is 0.249 e. The topological polar surface area (TPSA) is 130 Å². The van der Waals surface area contributed by atoms with Crippen LogP contribution in [0, 0.1) is 5.92 Å². The molecule has 4 aromatic rings. The Hall–Kier alpha value is -4.37. The van der Waals surface area contributed by atoms with Crippen LogP contribution in [0.5, 0.6) is 0 Å². The molecule has 38 heavy (non-hydrogen) atoms. The number of para-hydroxylation sites is 1. The Morgan fingerprint density at radius 1 is 1.05 bits per heavy atom. The first-order chi connectivity index (χ1) is 18.4. The number of anilines is 1. The van der Waals surface area contributed by atoms with E-state index < -0.39 is 12.1 Å². The number of benzene rings is 3. The highest BCUT2D eigenvalue weighted by atomic mass is 16.2. The maximum Gasteiger partial charge on any atom is 0.249 e. The Balaban J connectivity index is 1.41. The summed E-state index contributed by atoms with van der Waals surface area (Å²) in [5, 5.41) is 17.4. The largest absolute Gasteiger partial charge is 0.343 e. The Bertz CT molecular complexity index is 1420. The molecule has 0 saturated heterocycles. The summed E-state index contributed by atoms with van der Waals surface area (Å²) in [6.07, 6.45) is 1.21. The summed E-state index contributed by atoms with van der Waals surface area (Å²) in [4.78, 5) is 28.2. The SMILES string of the molecule is CC(C)C(N)C(=O)N[C@@H]1CCc2ccccc2N(Cc2ccc(-c3ccccc3-c3nn[nH]n3)cc2)C1=O. The lowest BCUT2D eigenvalue weighted by molar-refractivity contribution is -0.129. The van der Waals surface area contributed by atoms with E-state index in [9.17, 15) is 9.59 Å². The second-order valence-electron chi connectivity index (χ2n) is 9.90. The Morgan fingerprint density at radius 3 is 2.47 bits per heavy atom. The average molecular weight is 510 g/mol. The van der Waals surface area contributed by atoms with E-state index in [2.05, 4.69) is 25.9 Å². The number of carbonyl (C=O) groups is 2. The third-order valence-corrected chi connectivity index (χ3v) is 7.01. The monoisotopic (exact) mass is 509 g/mol. The molecule has 1 aliphatic heterocycles. The number of nitrogens with zero attached hydrogens (tertiary/aromatic N) is 4. The van der Waals surface area contributed by atoms with Gasteiger partial charge in [0.2, 0.25) is 17.6 Å². The van der Waals surface area contributed by atoms with Crippen LogP contribution in [0.25, 0.3) is 22.5 Å². The van der Waals surface area contributed by atoms with Gasteiger partial charge in [-0.25, -0.2) is 0 Å². The number of hydrogen-bond acceptors (Lipinski definition) is 6. The third-order valence-electron chi connectivity index (χ3n) is 7.01. The van der Waals surface area contributed by atoms with Gasteiger partial charge in [0.05, 0.1) is 12.6 Å². The number of H-pyrrole nitrogens is 1. The molecule has 1 unspecified atom stereocenters. The van der Waals surface area contributed by atoms with Crippen molar-refractivity contribution in [1.29, 1.82) is 0 Å². The maximum absolute atomic E-state index is 13.8. The standard InChI is InChI=1S/C29H31N7O2/c1-18(2)26(30)28(37)31-24-16-15-21-7-3-6-10-25(21)36(29(24)38)17-19-11-13-20(14-12-19)22-8-4-5-9-23(22)27-32-34-35-33-27/h3-14,18,24,26H,15-17,30H2,1-2H3,(H,31,37)(H,32,33,34,35)/t24-,26?/m1/s1. The van der Waals surface area contributed by atoms with Gasteiger partial charge in [-0.1, -0.05) is 80.6 Å². The molecular formula is C29H31N7O2. The molecule has 4 N–H and O–H groups in total. The maximum atomic E-state index is 13.8. The number of aryl methyl sites for hydroxylation is 1. The van der Waals surface area contributed by atoms with Crippen molar-refractivity contribution in [2.75, 3.05) is 4.90 Å². The first kappa shape index (κ1) is 25.3. The predicted molar refractivity (Wildman–Crippen MR) is 146 cm³/mol. The zero-order valence-corrected chi connectivity index (χ0v) is 21.5. The lowest BCUT2D eigenvalue weighted by Gasteiger charge is -2.27. The molecule has 0 saturated carbocycles. The van der Waals surface area contributed by atoms with Crippen LogP contribution in [0.1, 0.15) is 31.4 Å². The molecule has 1 aromatic heterocycles. The molecule has 0 fully saturated rings. The minimum atomic E-state index is -0.662. The molecule has 0 spiro atoms. The summed E-state index contributed by atoms with van der Waals surface area (Å²) >= 11 is 0. The molecule has 9 heteroatoms. The van der Waals surface area contributed by atoms with Crippen LogP contribution < -0.4 is 16.0 Å². The minimum absolute atomic E-state index is 0.0205. The summed E-state index contributed by atoms with van der Waals surface area (Å²) in [7, 11) is 0. The van der Waals surface area contributed by atoms with E-state index in [4.69, 9.17) is 5.73 Å². The Kier molecular flexibility index (Phi) is 7.28. The van der Waals surface area contributed by atoms with Gasteiger partial charge in [0.25, 0.3) is 0 Å². The van der Waals surface area contributed by atoms with Crippen LogP contribution in [-0.2, 0) is 22.6 Å². The molecule has 0 radical (unpaired) electrons. The van der Waals surface area contributed by atoms with Gasteiger partial charge < -0.3 is 16.0 Å². The molecule has 0 aliphatic carbocycles. The minimum Gasteiger partial charge on any atom is -0.343 e. The molecule has 2 heterocycles. The van der Waals surface area contributed by atoms with Gasteiger partial charge in [0.15, 0.2) is 0 Å². The van der Waals surface area contributed by atoms with Crippen LogP contribution in [-0.4, -0.2) is 44.5 Å². The van der Waals surface area contributed by atoms with Gasteiger partial charge in [0, 0.05) is 11.3 Å². The number of nitrogens with one attached hydrogen (secondary N) is 2. The summed E-state index contributed by atoms with van der Waals surface area (Å²) < 4.78 is 0. The van der Waals surface area contributed by atoms with E-state index in [0.717, 1.165) is 33.5 Å². The second kappa shape index (κ2) is 10.9. The van der Waals surface area contributed by atoms with Gasteiger partial charge in [-0.05, 0) is 52.3 Å². The molecule has 2 amide bonds. The highest BCUT2D eigenvalue weighted by Crippen LogP contribution is 2.32. The van der Waals surface area contributed by atoms with Crippen molar-refractivity contribution in [1.82, 2.24) is 25.9 Å². The van der Waals surface area contributed by atoms with Crippen LogP contribution in [0.2, 0.25) is 0 Å². The van der Waals surface area contributed by atoms with Crippen molar-refractivity contribution in [2.45, 2.75) is 45.3 Å². The molecule has 2 atom stereocenters. The molecule has 3 aromatic carbocycles. The number of tetrazole rings is 1. The van der Waals surface area contributed by atoms with Gasteiger partial charge in [-0.2, -0.15) is 5.21 Å². The van der Waals surface area contributed by atoms with Crippen molar-refractivity contribution in [3.8, 4) is 22.5 Å². The van der Waals surface area contributed by atoms with Gasteiger partial charge in [-0.15, -0.1) is 10.2 Å². The Morgan fingerprint density at radius 2 is 1.76 bits per heavy atom. The number of aromatic amines is 1. The fourth-order valence-corrected chi connectivity index (χ4v) is 4.76. The molecule has 1 aliphatic rings. The van der Waals surface area contributed by atoms with E-state index >= 15 is 0 Å². The number of carbonyl (C=O) groups excluding carboxylic acids is 2. The molecule has 194 valence electrons.